The zero-order chi connectivity index (χ0) is 21.9. The average Bonchev–Trinajstić information content (AvgIpc) is 2.86. The van der Waals surface area contributed by atoms with Crippen molar-refractivity contribution in [2.24, 2.45) is 0 Å². The highest BCUT2D eigenvalue weighted by molar-refractivity contribution is 6.53. The van der Waals surface area contributed by atoms with Crippen molar-refractivity contribution in [3.63, 3.8) is 0 Å². The summed E-state index contributed by atoms with van der Waals surface area (Å²) in [6, 6.07) is 31.4. The van der Waals surface area contributed by atoms with Crippen LogP contribution < -0.4 is 0 Å². The van der Waals surface area contributed by atoms with E-state index >= 15 is 0 Å². The number of rotatable bonds is 4. The van der Waals surface area contributed by atoms with Crippen LogP contribution in [0.5, 0.6) is 0 Å². The van der Waals surface area contributed by atoms with Crippen LogP contribution in [0.15, 0.2) is 97.1 Å². The summed E-state index contributed by atoms with van der Waals surface area (Å²) in [5, 5.41) is 0. The normalized spacial score (nSPS) is 12.9. The third kappa shape index (κ3) is 3.86. The van der Waals surface area contributed by atoms with Gasteiger partial charge < -0.3 is 0 Å². The van der Waals surface area contributed by atoms with Gasteiger partial charge in [0.05, 0.1) is 0 Å². The van der Waals surface area contributed by atoms with Crippen LogP contribution in [-0.2, 0) is 0 Å². The largest absolute Gasteiger partial charge is 0.285 e. The molecular formula is C30H20O2. The summed E-state index contributed by atoms with van der Waals surface area (Å²) in [4.78, 5) is 25.4. The molecule has 0 spiro atoms. The summed E-state index contributed by atoms with van der Waals surface area (Å²) in [7, 11) is 0. The molecule has 5 rings (SSSR count). The number of carbonyl (C=O) groups excluding carboxylic acids is 2. The molecule has 0 saturated carbocycles. The van der Waals surface area contributed by atoms with Crippen LogP contribution in [0.2, 0.25) is 0 Å². The first-order chi connectivity index (χ1) is 15.7. The molecule has 0 fully saturated rings. The summed E-state index contributed by atoms with van der Waals surface area (Å²) in [6.07, 6.45) is 8.12. The fourth-order valence-electron chi connectivity index (χ4n) is 3.93. The molecule has 0 atom stereocenters. The Labute approximate surface area is 187 Å². The second-order valence-electron chi connectivity index (χ2n) is 7.76. The fraction of sp³-hybridized carbons (Fsp3) is 0. The Kier molecular flexibility index (Phi) is 5.19. The molecule has 0 heterocycles. The molecule has 0 N–H and O–H groups in total. The van der Waals surface area contributed by atoms with Gasteiger partial charge in [0.25, 0.3) is 0 Å². The maximum absolute atomic E-state index is 12.7. The van der Waals surface area contributed by atoms with Gasteiger partial charge in [0, 0.05) is 11.1 Å². The first-order valence-electron chi connectivity index (χ1n) is 10.5. The lowest BCUT2D eigenvalue weighted by molar-refractivity contribution is 0.0815. The Balaban J connectivity index is 1.55. The molecule has 0 saturated heterocycles. The van der Waals surface area contributed by atoms with Crippen molar-refractivity contribution in [3.8, 4) is 11.1 Å². The Hall–Kier alpha value is -4.30. The first kappa shape index (κ1) is 19.7. The van der Waals surface area contributed by atoms with Crippen molar-refractivity contribution >= 4 is 35.9 Å². The topological polar surface area (TPSA) is 34.1 Å². The first-order valence-corrected chi connectivity index (χ1v) is 10.5. The molecule has 0 aliphatic heterocycles. The molecule has 0 radical (unpaired) electrons. The third-order valence-electron chi connectivity index (χ3n) is 5.61. The maximum atomic E-state index is 12.7. The number of fused-ring (bicyclic) bond motifs is 3. The van der Waals surface area contributed by atoms with E-state index in [0.29, 0.717) is 11.1 Å². The number of hydrogen-bond donors (Lipinski definition) is 0. The van der Waals surface area contributed by atoms with E-state index in [1.807, 2.05) is 109 Å². The molecule has 0 unspecified atom stereocenters. The Morgan fingerprint density at radius 3 is 1.16 bits per heavy atom. The number of carbonyl (C=O) groups is 2. The highest BCUT2D eigenvalue weighted by Crippen LogP contribution is 2.35. The molecule has 4 aromatic rings. The van der Waals surface area contributed by atoms with Gasteiger partial charge in [-0.1, -0.05) is 97.1 Å². The van der Waals surface area contributed by atoms with Gasteiger partial charge >= 0.3 is 0 Å². The van der Waals surface area contributed by atoms with Crippen molar-refractivity contribution in [2.75, 3.05) is 0 Å². The smallest absolute Gasteiger partial charge is 0.234 e. The van der Waals surface area contributed by atoms with Crippen molar-refractivity contribution in [3.05, 3.63) is 130 Å². The van der Waals surface area contributed by atoms with E-state index in [1.54, 1.807) is 12.1 Å². The number of hydrogen-bond acceptors (Lipinski definition) is 2. The van der Waals surface area contributed by atoms with Crippen LogP contribution in [0, 0.1) is 0 Å². The minimum atomic E-state index is -0.446. The summed E-state index contributed by atoms with van der Waals surface area (Å²) < 4.78 is 0. The number of benzene rings is 4. The molecule has 4 aromatic carbocycles. The summed E-state index contributed by atoms with van der Waals surface area (Å²) in [5.41, 5.74) is 6.68. The predicted molar refractivity (Wildman–Crippen MR) is 131 cm³/mol. The maximum Gasteiger partial charge on any atom is 0.234 e. The molecule has 1 aliphatic carbocycles. The highest BCUT2D eigenvalue weighted by Gasteiger charge is 2.30. The van der Waals surface area contributed by atoms with E-state index in [2.05, 4.69) is 0 Å². The second kappa shape index (κ2) is 8.44. The fourth-order valence-corrected chi connectivity index (χ4v) is 3.93. The van der Waals surface area contributed by atoms with E-state index in [0.717, 1.165) is 33.4 Å². The molecule has 32 heavy (non-hydrogen) atoms. The van der Waals surface area contributed by atoms with E-state index in [4.69, 9.17) is 0 Å². The van der Waals surface area contributed by atoms with Gasteiger partial charge in [0.2, 0.25) is 11.6 Å². The summed E-state index contributed by atoms with van der Waals surface area (Å²) in [5.74, 6) is -0.891. The minimum Gasteiger partial charge on any atom is -0.285 e. The van der Waals surface area contributed by atoms with Crippen molar-refractivity contribution in [1.82, 2.24) is 0 Å². The number of ketones is 2. The van der Waals surface area contributed by atoms with E-state index in [1.165, 1.54) is 0 Å². The zero-order valence-electron chi connectivity index (χ0n) is 17.4. The molecule has 0 bridgehead atoms. The Morgan fingerprint density at radius 1 is 0.375 bits per heavy atom. The van der Waals surface area contributed by atoms with Gasteiger partial charge in [0.15, 0.2) is 0 Å². The van der Waals surface area contributed by atoms with E-state index in [9.17, 15) is 9.59 Å². The van der Waals surface area contributed by atoms with Gasteiger partial charge in [-0.2, -0.15) is 0 Å². The molecule has 1 aliphatic rings. The van der Waals surface area contributed by atoms with Crippen LogP contribution in [-0.4, -0.2) is 11.6 Å². The van der Waals surface area contributed by atoms with Crippen LogP contribution in [0.1, 0.15) is 43.0 Å². The summed E-state index contributed by atoms with van der Waals surface area (Å²) in [6.45, 7) is 0. The highest BCUT2D eigenvalue weighted by atomic mass is 16.2. The monoisotopic (exact) mass is 412 g/mol. The standard InChI is InChI=1S/C30H20O2/c31-29-25-17-15-23(13-11-21-7-3-1-4-8-21)19-27(25)28-20-24(16-18-26(28)30(29)32)14-12-22-9-5-2-6-10-22/h1-20H. The van der Waals surface area contributed by atoms with Gasteiger partial charge in [-0.15, -0.1) is 0 Å². The predicted octanol–water partition coefficient (Wildman–Crippen LogP) is 7.07. The molecule has 0 amide bonds. The number of Topliss-reactive ketones (excluding diaryl/α,β-unsaturated/α-hetero) is 2. The van der Waals surface area contributed by atoms with Crippen LogP contribution >= 0.6 is 0 Å². The van der Waals surface area contributed by atoms with E-state index in [-0.39, 0.29) is 0 Å². The molecule has 2 heteroatoms. The molecule has 152 valence electrons. The lowest BCUT2D eigenvalue weighted by atomic mass is 9.82. The minimum absolute atomic E-state index is 0.446. The second-order valence-corrected chi connectivity index (χ2v) is 7.76. The third-order valence-corrected chi connectivity index (χ3v) is 5.61. The van der Waals surface area contributed by atoms with Crippen LogP contribution in [0.3, 0.4) is 0 Å². The lowest BCUT2D eigenvalue weighted by Gasteiger charge is -2.19. The molecule has 0 aromatic heterocycles. The van der Waals surface area contributed by atoms with Crippen LogP contribution in [0.4, 0.5) is 0 Å². The Morgan fingerprint density at radius 2 is 0.750 bits per heavy atom. The van der Waals surface area contributed by atoms with Crippen molar-refractivity contribution in [1.29, 1.82) is 0 Å². The molecule has 2 nitrogen and oxygen atoms in total. The quantitative estimate of drug-likeness (QED) is 0.265. The summed E-state index contributed by atoms with van der Waals surface area (Å²) >= 11 is 0. The Bertz CT molecular complexity index is 1270. The van der Waals surface area contributed by atoms with Gasteiger partial charge in [0.1, 0.15) is 0 Å². The van der Waals surface area contributed by atoms with Crippen molar-refractivity contribution < 1.29 is 9.59 Å². The van der Waals surface area contributed by atoms with Crippen molar-refractivity contribution in [2.45, 2.75) is 0 Å². The van der Waals surface area contributed by atoms with Gasteiger partial charge in [-0.25, -0.2) is 0 Å². The van der Waals surface area contributed by atoms with Gasteiger partial charge in [-0.05, 0) is 57.6 Å². The molecular weight excluding hydrogens is 392 g/mol. The lowest BCUT2D eigenvalue weighted by Crippen LogP contribution is -2.21. The van der Waals surface area contributed by atoms with Gasteiger partial charge in [-0.3, -0.25) is 9.59 Å². The SMILES string of the molecule is O=C1C(=O)c2ccc(C=Cc3ccccc3)cc2-c2cc(C=Cc3ccccc3)ccc21. The average molecular weight is 412 g/mol. The zero-order valence-corrected chi connectivity index (χ0v) is 17.4. The van der Waals surface area contributed by atoms with Crippen LogP contribution in [0.25, 0.3) is 35.4 Å². The van der Waals surface area contributed by atoms with E-state index < -0.39 is 11.6 Å².